The molecule has 0 saturated heterocycles. The van der Waals surface area contributed by atoms with Gasteiger partial charge in [-0.15, -0.1) is 0 Å². The predicted molar refractivity (Wildman–Crippen MR) is 58.0 cm³/mol. The van der Waals surface area contributed by atoms with Gasteiger partial charge < -0.3 is 4.74 Å². The number of rotatable bonds is 2. The van der Waals surface area contributed by atoms with Gasteiger partial charge in [0.1, 0.15) is 11.6 Å². The number of carbonyl (C=O) groups is 1. The number of hydrogen-bond donors (Lipinski definition) is 1. The van der Waals surface area contributed by atoms with Crippen molar-refractivity contribution < 1.29 is 22.3 Å². The summed E-state index contributed by atoms with van der Waals surface area (Å²) in [6, 6.07) is 3.34. The molecule has 1 aromatic carbocycles. The van der Waals surface area contributed by atoms with Crippen LogP contribution in [0.25, 0.3) is 0 Å². The maximum atomic E-state index is 12.8. The van der Waals surface area contributed by atoms with E-state index in [-0.39, 0.29) is 10.2 Å². The fourth-order valence-corrected chi connectivity index (χ4v) is 1.53. The van der Waals surface area contributed by atoms with Gasteiger partial charge in [0.25, 0.3) is 0 Å². The lowest BCUT2D eigenvalue weighted by Crippen LogP contribution is -2.29. The Morgan fingerprint density at radius 3 is 2.69 bits per heavy atom. The van der Waals surface area contributed by atoms with Gasteiger partial charge in [-0.1, -0.05) is 0 Å². The highest BCUT2D eigenvalue weighted by molar-refractivity contribution is 9.10. The van der Waals surface area contributed by atoms with Crippen LogP contribution in [0.5, 0.6) is 5.75 Å². The van der Waals surface area contributed by atoms with Gasteiger partial charge in [0, 0.05) is 16.7 Å². The van der Waals surface area contributed by atoms with Crippen LogP contribution in [0.2, 0.25) is 0 Å². The molecule has 1 N–H and O–H groups in total. The molecule has 9 heteroatoms. The molecule has 0 aliphatic heterocycles. The normalized spacial score (nSPS) is 10.9. The fourth-order valence-electron chi connectivity index (χ4n) is 0.776. The zero-order valence-electron chi connectivity index (χ0n) is 7.41. The van der Waals surface area contributed by atoms with Gasteiger partial charge in [-0.25, -0.2) is 13.9 Å². The second kappa shape index (κ2) is 4.98. The van der Waals surface area contributed by atoms with Crippen molar-refractivity contribution in [2.75, 3.05) is 0 Å². The first-order valence-electron chi connectivity index (χ1n) is 3.67. The summed E-state index contributed by atoms with van der Waals surface area (Å²) in [5.74, 6) is -0.808. The van der Waals surface area contributed by atoms with E-state index in [2.05, 4.69) is 20.7 Å². The highest BCUT2D eigenvalue weighted by Crippen LogP contribution is 2.25. The maximum absolute atomic E-state index is 12.8. The Bertz CT molecular complexity index is 521. The molecule has 0 radical (unpaired) electrons. The average Bonchev–Trinajstić information content (AvgIpc) is 2.08. The predicted octanol–water partition coefficient (Wildman–Crippen LogP) is 2.16. The molecule has 1 amide bonds. The molecular formula is C7H4BrClFNO4S. The van der Waals surface area contributed by atoms with Gasteiger partial charge in [0.2, 0.25) is 0 Å². The van der Waals surface area contributed by atoms with Crippen LogP contribution in [0.1, 0.15) is 0 Å². The molecule has 5 nitrogen and oxygen atoms in total. The van der Waals surface area contributed by atoms with Crippen molar-refractivity contribution >= 4 is 41.9 Å². The topological polar surface area (TPSA) is 72.5 Å². The van der Waals surface area contributed by atoms with E-state index >= 15 is 0 Å². The largest absolute Gasteiger partial charge is 0.427 e. The molecule has 0 saturated carbocycles. The Morgan fingerprint density at radius 2 is 2.12 bits per heavy atom. The van der Waals surface area contributed by atoms with Crippen molar-refractivity contribution in [3.8, 4) is 5.75 Å². The molecule has 0 bridgehead atoms. The molecule has 1 rings (SSSR count). The van der Waals surface area contributed by atoms with Crippen LogP contribution >= 0.6 is 26.6 Å². The van der Waals surface area contributed by atoms with E-state index in [0.717, 1.165) is 12.1 Å². The smallest absolute Gasteiger partial charge is 0.408 e. The van der Waals surface area contributed by atoms with Crippen LogP contribution in [-0.2, 0) is 9.24 Å². The number of nitrogens with one attached hydrogen (secondary N) is 1. The number of benzene rings is 1. The van der Waals surface area contributed by atoms with Crippen molar-refractivity contribution in [3.63, 3.8) is 0 Å². The van der Waals surface area contributed by atoms with E-state index < -0.39 is 21.1 Å². The van der Waals surface area contributed by atoms with Crippen molar-refractivity contribution in [3.05, 3.63) is 28.5 Å². The van der Waals surface area contributed by atoms with Crippen molar-refractivity contribution in [1.29, 1.82) is 0 Å². The first-order chi connectivity index (χ1) is 7.28. The van der Waals surface area contributed by atoms with E-state index in [1.807, 2.05) is 0 Å². The molecule has 88 valence electrons. The van der Waals surface area contributed by atoms with Gasteiger partial charge in [-0.2, -0.15) is 8.42 Å². The average molecular weight is 333 g/mol. The molecular weight excluding hydrogens is 329 g/mol. The second-order valence-electron chi connectivity index (χ2n) is 2.50. The minimum Gasteiger partial charge on any atom is -0.408 e. The van der Waals surface area contributed by atoms with Crippen LogP contribution in [0.3, 0.4) is 0 Å². The van der Waals surface area contributed by atoms with E-state index in [9.17, 15) is 17.6 Å². The SMILES string of the molecule is O=C(NS(=O)(=O)Cl)Oc1cc(F)ccc1Br. The monoisotopic (exact) mass is 331 g/mol. The molecule has 16 heavy (non-hydrogen) atoms. The molecule has 0 fully saturated rings. The van der Waals surface area contributed by atoms with Gasteiger partial charge in [0.05, 0.1) is 4.47 Å². The summed E-state index contributed by atoms with van der Waals surface area (Å²) in [5, 5.41) is 0. The number of carbonyl (C=O) groups excluding carboxylic acids is 1. The van der Waals surface area contributed by atoms with Crippen LogP contribution in [0.15, 0.2) is 22.7 Å². The minimum atomic E-state index is -4.23. The van der Waals surface area contributed by atoms with E-state index in [4.69, 9.17) is 10.7 Å². The third-order valence-corrected chi connectivity index (χ3v) is 2.60. The Balaban J connectivity index is 2.81. The molecule has 0 unspecified atom stereocenters. The Kier molecular flexibility index (Phi) is 4.11. The summed E-state index contributed by atoms with van der Waals surface area (Å²) in [7, 11) is 0.512. The van der Waals surface area contributed by atoms with E-state index in [0.29, 0.717) is 0 Å². The standard InChI is InChI=1S/C7H4BrClFNO4S/c8-5-2-1-4(10)3-6(5)15-7(12)11-16(9,13)14/h1-3H,(H,11,12). The van der Waals surface area contributed by atoms with Crippen molar-refractivity contribution in [1.82, 2.24) is 4.72 Å². The first-order valence-corrected chi connectivity index (χ1v) is 6.77. The summed E-state index contributed by atoms with van der Waals surface area (Å²) in [4.78, 5) is 11.0. The number of hydrogen-bond acceptors (Lipinski definition) is 4. The number of halogens is 3. The molecule has 0 aromatic heterocycles. The highest BCUT2D eigenvalue weighted by Gasteiger charge is 2.14. The van der Waals surface area contributed by atoms with Crippen LogP contribution in [0.4, 0.5) is 9.18 Å². The minimum absolute atomic E-state index is 0.169. The Labute approximate surface area is 103 Å². The van der Waals surface area contributed by atoms with Crippen LogP contribution < -0.4 is 9.46 Å². The lowest BCUT2D eigenvalue weighted by molar-refractivity contribution is 0.206. The summed E-state index contributed by atoms with van der Waals surface area (Å²) in [6.07, 6.45) is -1.33. The van der Waals surface area contributed by atoms with Crippen LogP contribution in [0, 0.1) is 5.82 Å². The molecule has 0 aliphatic rings. The molecule has 0 atom stereocenters. The van der Waals surface area contributed by atoms with E-state index in [1.165, 1.54) is 10.8 Å². The van der Waals surface area contributed by atoms with Crippen molar-refractivity contribution in [2.24, 2.45) is 0 Å². The molecule has 1 aromatic rings. The molecule has 0 spiro atoms. The fraction of sp³-hybridized carbons (Fsp3) is 0. The van der Waals surface area contributed by atoms with E-state index in [1.54, 1.807) is 0 Å². The second-order valence-corrected chi connectivity index (χ2v) is 5.66. The highest BCUT2D eigenvalue weighted by atomic mass is 79.9. The third kappa shape index (κ3) is 4.33. The van der Waals surface area contributed by atoms with Gasteiger partial charge in [0.15, 0.2) is 0 Å². The Hall–Kier alpha value is -0.860. The lowest BCUT2D eigenvalue weighted by Gasteiger charge is -2.05. The third-order valence-electron chi connectivity index (χ3n) is 1.30. The van der Waals surface area contributed by atoms with Crippen LogP contribution in [-0.4, -0.2) is 14.5 Å². The zero-order valence-corrected chi connectivity index (χ0v) is 10.6. The van der Waals surface area contributed by atoms with Gasteiger partial charge in [-0.3, -0.25) is 0 Å². The number of ether oxygens (including phenoxy) is 1. The Morgan fingerprint density at radius 1 is 1.50 bits per heavy atom. The maximum Gasteiger partial charge on any atom is 0.427 e. The van der Waals surface area contributed by atoms with Gasteiger partial charge in [-0.05, 0) is 28.1 Å². The quantitative estimate of drug-likeness (QED) is 0.842. The summed E-state index contributed by atoms with van der Waals surface area (Å²) in [6.45, 7) is 0. The lowest BCUT2D eigenvalue weighted by atomic mass is 10.3. The first kappa shape index (κ1) is 13.2. The van der Waals surface area contributed by atoms with Gasteiger partial charge >= 0.3 is 15.3 Å². The zero-order chi connectivity index (χ0) is 12.3. The summed E-state index contributed by atoms with van der Waals surface area (Å²) >= 11 is 2.98. The summed E-state index contributed by atoms with van der Waals surface area (Å²) in [5.41, 5.74) is 0. The van der Waals surface area contributed by atoms with Crippen molar-refractivity contribution in [2.45, 2.75) is 0 Å². The number of amides is 1. The molecule has 0 aliphatic carbocycles. The molecule has 0 heterocycles. The summed E-state index contributed by atoms with van der Waals surface area (Å²) < 4.78 is 39.8.